The van der Waals surface area contributed by atoms with E-state index in [-0.39, 0.29) is 5.71 Å². The molecule has 0 saturated carbocycles. The van der Waals surface area contributed by atoms with E-state index >= 15 is 0 Å². The van der Waals surface area contributed by atoms with Gasteiger partial charge in [-0.25, -0.2) is 5.43 Å². The molecule has 1 amide bonds. The number of nitrogens with zero attached hydrogens (tertiary/aromatic N) is 1. The lowest BCUT2D eigenvalue weighted by atomic mass is 9.95. The van der Waals surface area contributed by atoms with E-state index in [2.05, 4.69) is 5.10 Å². The SMILES string of the molecule is O=C1NN=C(c2cccc(Cl)c2)CC1C(F)(F)F. The second kappa shape index (κ2) is 4.61. The highest BCUT2D eigenvalue weighted by molar-refractivity contribution is 6.31. The Bertz CT molecular complexity index is 513. The van der Waals surface area contributed by atoms with Gasteiger partial charge in [0, 0.05) is 11.4 Å². The van der Waals surface area contributed by atoms with Crippen LogP contribution < -0.4 is 5.43 Å². The smallest absolute Gasteiger partial charge is 0.272 e. The van der Waals surface area contributed by atoms with Gasteiger partial charge in [0.05, 0.1) is 5.71 Å². The second-order valence-corrected chi connectivity index (χ2v) is 4.28. The Hall–Kier alpha value is -1.56. The van der Waals surface area contributed by atoms with Gasteiger partial charge < -0.3 is 0 Å². The van der Waals surface area contributed by atoms with Crippen LogP contribution in [0.15, 0.2) is 29.4 Å². The van der Waals surface area contributed by atoms with Crippen molar-refractivity contribution in [2.75, 3.05) is 0 Å². The summed E-state index contributed by atoms with van der Waals surface area (Å²) in [6.07, 6.45) is -5.06. The first kappa shape index (κ1) is 12.9. The third-order valence-corrected chi connectivity index (χ3v) is 2.80. The highest BCUT2D eigenvalue weighted by Crippen LogP contribution is 2.32. The zero-order valence-corrected chi connectivity index (χ0v) is 9.72. The van der Waals surface area contributed by atoms with Crippen LogP contribution in [0.4, 0.5) is 13.2 Å². The van der Waals surface area contributed by atoms with Crippen molar-refractivity contribution >= 4 is 23.2 Å². The van der Waals surface area contributed by atoms with Crippen LogP contribution in [0, 0.1) is 5.92 Å². The summed E-state index contributed by atoms with van der Waals surface area (Å²) in [6.45, 7) is 0. The fraction of sp³-hybridized carbons (Fsp3) is 0.273. The van der Waals surface area contributed by atoms with E-state index < -0.39 is 24.4 Å². The van der Waals surface area contributed by atoms with Gasteiger partial charge in [0.25, 0.3) is 5.91 Å². The second-order valence-electron chi connectivity index (χ2n) is 3.84. The average molecular weight is 277 g/mol. The minimum absolute atomic E-state index is 0.166. The number of rotatable bonds is 1. The predicted octanol–water partition coefficient (Wildman–Crippen LogP) is 2.74. The third-order valence-electron chi connectivity index (χ3n) is 2.57. The van der Waals surface area contributed by atoms with Crippen LogP contribution >= 0.6 is 11.6 Å². The molecule has 0 spiro atoms. The van der Waals surface area contributed by atoms with Crippen molar-refractivity contribution in [2.45, 2.75) is 12.6 Å². The number of carbonyl (C=O) groups excluding carboxylic acids is 1. The molecule has 18 heavy (non-hydrogen) atoms. The number of alkyl halides is 3. The Balaban J connectivity index is 2.29. The van der Waals surface area contributed by atoms with Crippen molar-refractivity contribution < 1.29 is 18.0 Å². The van der Waals surface area contributed by atoms with Crippen LogP contribution in [-0.2, 0) is 4.79 Å². The van der Waals surface area contributed by atoms with Gasteiger partial charge >= 0.3 is 6.18 Å². The lowest BCUT2D eigenvalue weighted by Crippen LogP contribution is -2.42. The van der Waals surface area contributed by atoms with E-state index in [1.54, 1.807) is 18.2 Å². The Morgan fingerprint density at radius 2 is 2.11 bits per heavy atom. The molecule has 0 saturated heterocycles. The van der Waals surface area contributed by atoms with Gasteiger partial charge in [0.15, 0.2) is 0 Å². The maximum atomic E-state index is 12.6. The topological polar surface area (TPSA) is 41.5 Å². The molecule has 0 radical (unpaired) electrons. The van der Waals surface area contributed by atoms with Gasteiger partial charge in [-0.15, -0.1) is 0 Å². The molecule has 7 heteroatoms. The molecule has 2 rings (SSSR count). The summed E-state index contributed by atoms with van der Waals surface area (Å²) in [7, 11) is 0. The Kier molecular flexibility index (Phi) is 3.30. The van der Waals surface area contributed by atoms with Crippen molar-refractivity contribution in [3.63, 3.8) is 0 Å². The largest absolute Gasteiger partial charge is 0.400 e. The number of hydrazone groups is 1. The molecule has 1 N–H and O–H groups in total. The predicted molar refractivity (Wildman–Crippen MR) is 60.3 cm³/mol. The summed E-state index contributed by atoms with van der Waals surface area (Å²) in [5.74, 6) is -3.20. The summed E-state index contributed by atoms with van der Waals surface area (Å²) in [6, 6.07) is 6.31. The quantitative estimate of drug-likeness (QED) is 0.842. The summed E-state index contributed by atoms with van der Waals surface area (Å²) >= 11 is 5.75. The Morgan fingerprint density at radius 1 is 1.39 bits per heavy atom. The maximum absolute atomic E-state index is 12.6. The first-order valence-corrected chi connectivity index (χ1v) is 5.45. The third kappa shape index (κ3) is 2.64. The lowest BCUT2D eigenvalue weighted by Gasteiger charge is -2.23. The van der Waals surface area contributed by atoms with Gasteiger partial charge in [-0.1, -0.05) is 23.7 Å². The molecule has 0 fully saturated rings. The molecule has 3 nitrogen and oxygen atoms in total. The summed E-state index contributed by atoms with van der Waals surface area (Å²) in [5.41, 5.74) is 2.53. The van der Waals surface area contributed by atoms with Crippen LogP contribution in [0.25, 0.3) is 0 Å². The molecular weight excluding hydrogens is 269 g/mol. The molecule has 96 valence electrons. The normalized spacial score (nSPS) is 20.3. The van der Waals surface area contributed by atoms with Gasteiger partial charge in [-0.05, 0) is 17.7 Å². The molecule has 1 aromatic rings. The molecule has 1 heterocycles. The number of amides is 1. The molecule has 1 atom stereocenters. The Morgan fingerprint density at radius 3 is 2.72 bits per heavy atom. The number of nitrogens with one attached hydrogen (secondary N) is 1. The minimum atomic E-state index is -4.58. The van der Waals surface area contributed by atoms with Crippen LogP contribution in [0.2, 0.25) is 5.02 Å². The molecule has 1 aliphatic rings. The minimum Gasteiger partial charge on any atom is -0.272 e. The van der Waals surface area contributed by atoms with Crippen molar-refractivity contribution in [2.24, 2.45) is 11.0 Å². The zero-order chi connectivity index (χ0) is 13.3. The van der Waals surface area contributed by atoms with Gasteiger partial charge in [-0.3, -0.25) is 4.79 Å². The monoisotopic (exact) mass is 276 g/mol. The number of halogens is 4. The van der Waals surface area contributed by atoms with Crippen molar-refractivity contribution in [3.8, 4) is 0 Å². The first-order valence-electron chi connectivity index (χ1n) is 5.07. The molecule has 1 aliphatic heterocycles. The summed E-state index contributed by atoms with van der Waals surface area (Å²) < 4.78 is 37.9. The van der Waals surface area contributed by atoms with E-state index in [1.165, 1.54) is 6.07 Å². The number of carbonyl (C=O) groups is 1. The molecule has 0 aromatic heterocycles. The lowest BCUT2D eigenvalue weighted by molar-refractivity contribution is -0.182. The van der Waals surface area contributed by atoms with E-state index in [9.17, 15) is 18.0 Å². The number of benzene rings is 1. The molecule has 1 unspecified atom stereocenters. The van der Waals surface area contributed by atoms with E-state index in [0.29, 0.717) is 10.6 Å². The van der Waals surface area contributed by atoms with E-state index in [0.717, 1.165) is 0 Å². The molecule has 0 bridgehead atoms. The number of hydrogen-bond acceptors (Lipinski definition) is 2. The Labute approximate surface area is 106 Å². The molecule has 0 aliphatic carbocycles. The first-order chi connectivity index (χ1) is 8.38. The van der Waals surface area contributed by atoms with Crippen LogP contribution in [-0.4, -0.2) is 17.8 Å². The number of hydrogen-bond donors (Lipinski definition) is 1. The van der Waals surface area contributed by atoms with Gasteiger partial charge in [0.2, 0.25) is 0 Å². The van der Waals surface area contributed by atoms with Crippen molar-refractivity contribution in [1.29, 1.82) is 0 Å². The highest BCUT2D eigenvalue weighted by Gasteiger charge is 2.47. The van der Waals surface area contributed by atoms with Gasteiger partial charge in [-0.2, -0.15) is 18.3 Å². The van der Waals surface area contributed by atoms with Crippen molar-refractivity contribution in [3.05, 3.63) is 34.9 Å². The average Bonchev–Trinajstić information content (AvgIpc) is 2.28. The zero-order valence-electron chi connectivity index (χ0n) is 8.96. The molecular formula is C11H8ClF3N2O. The maximum Gasteiger partial charge on any atom is 0.400 e. The summed E-state index contributed by atoms with van der Waals surface area (Å²) in [4.78, 5) is 11.1. The van der Waals surface area contributed by atoms with Crippen LogP contribution in [0.1, 0.15) is 12.0 Å². The van der Waals surface area contributed by atoms with E-state index in [4.69, 9.17) is 11.6 Å². The standard InChI is InChI=1S/C11H8ClF3N2O/c12-7-3-1-2-6(4-7)9-5-8(11(13,14)15)10(18)17-16-9/h1-4,8H,5H2,(H,17,18). The van der Waals surface area contributed by atoms with Gasteiger partial charge in [0.1, 0.15) is 5.92 Å². The van der Waals surface area contributed by atoms with Crippen LogP contribution in [0.3, 0.4) is 0 Å². The molecule has 1 aromatic carbocycles. The highest BCUT2D eigenvalue weighted by atomic mass is 35.5. The fourth-order valence-electron chi connectivity index (χ4n) is 1.65. The fourth-order valence-corrected chi connectivity index (χ4v) is 1.84. The van der Waals surface area contributed by atoms with E-state index in [1.807, 2.05) is 5.43 Å². The van der Waals surface area contributed by atoms with Crippen LogP contribution in [0.5, 0.6) is 0 Å². The van der Waals surface area contributed by atoms with Crippen molar-refractivity contribution in [1.82, 2.24) is 5.43 Å². The summed E-state index contributed by atoms with van der Waals surface area (Å²) in [5, 5.41) is 4.04.